The number of fused-ring (bicyclic) bond motifs is 1. The molecule has 36 heavy (non-hydrogen) atoms. The van der Waals surface area contributed by atoms with Gasteiger partial charge in [-0.3, -0.25) is 19.7 Å². The Balaban J connectivity index is 1.60. The second kappa shape index (κ2) is 9.87. The van der Waals surface area contributed by atoms with E-state index in [1.807, 2.05) is 32.3 Å². The molecular weight excluding hydrogens is 459 g/mol. The maximum Gasteiger partial charge on any atom is 0.156 e. The number of pyridine rings is 1. The van der Waals surface area contributed by atoms with Crippen LogP contribution < -0.4 is 10.1 Å². The highest BCUT2D eigenvalue weighted by molar-refractivity contribution is 6.14. The molecule has 5 rings (SSSR count). The van der Waals surface area contributed by atoms with Gasteiger partial charge in [-0.05, 0) is 55.6 Å². The molecule has 0 bridgehead atoms. The van der Waals surface area contributed by atoms with E-state index < -0.39 is 5.82 Å². The number of hydrogen-bond donors (Lipinski definition) is 1. The minimum absolute atomic E-state index is 0.110. The highest BCUT2D eigenvalue weighted by Gasteiger charge is 2.29. The smallest absolute Gasteiger partial charge is 0.156 e. The van der Waals surface area contributed by atoms with E-state index in [0.29, 0.717) is 47.0 Å². The molecule has 9 heteroatoms. The van der Waals surface area contributed by atoms with E-state index in [4.69, 9.17) is 9.47 Å². The molecule has 3 heterocycles. The lowest BCUT2D eigenvalue weighted by atomic mass is 10.00. The van der Waals surface area contributed by atoms with Crippen LogP contribution >= 0.6 is 0 Å². The molecule has 0 spiro atoms. The number of rotatable bonds is 7. The summed E-state index contributed by atoms with van der Waals surface area (Å²) in [5.74, 6) is 0.836. The van der Waals surface area contributed by atoms with Gasteiger partial charge >= 0.3 is 0 Å². The predicted octanol–water partition coefficient (Wildman–Crippen LogP) is 5.01. The molecule has 1 fully saturated rings. The van der Waals surface area contributed by atoms with Gasteiger partial charge in [-0.15, -0.1) is 0 Å². The average Bonchev–Trinajstić information content (AvgIpc) is 3.29. The summed E-state index contributed by atoms with van der Waals surface area (Å²) in [7, 11) is 3.50. The molecule has 0 amide bonds. The van der Waals surface area contributed by atoms with Crippen LogP contribution in [-0.4, -0.2) is 53.7 Å². The van der Waals surface area contributed by atoms with Crippen molar-refractivity contribution in [2.75, 3.05) is 25.6 Å². The van der Waals surface area contributed by atoms with Crippen molar-refractivity contribution in [1.82, 2.24) is 14.8 Å². The quantitative estimate of drug-likeness (QED) is 0.293. The summed E-state index contributed by atoms with van der Waals surface area (Å²) in [6.45, 7) is 7.09. The lowest BCUT2D eigenvalue weighted by Gasteiger charge is -2.32. The number of nitrogens with one attached hydrogen (secondary N) is 1. The molecule has 1 aliphatic rings. The topological polar surface area (TPSA) is 85.9 Å². The first-order chi connectivity index (χ1) is 17.5. The Kier molecular flexibility index (Phi) is 6.47. The second-order valence-corrected chi connectivity index (χ2v) is 8.74. The number of amidine groups is 1. The van der Waals surface area contributed by atoms with Gasteiger partial charge in [-0.25, -0.2) is 4.39 Å². The minimum Gasteiger partial charge on any atom is -0.489 e. The minimum atomic E-state index is -0.413. The van der Waals surface area contributed by atoms with E-state index in [-0.39, 0.29) is 17.7 Å². The monoisotopic (exact) mass is 486 g/mol. The summed E-state index contributed by atoms with van der Waals surface area (Å²) >= 11 is 0. The summed E-state index contributed by atoms with van der Waals surface area (Å²) in [4.78, 5) is 13.0. The molecule has 184 valence electrons. The molecule has 1 N–H and O–H groups in total. The summed E-state index contributed by atoms with van der Waals surface area (Å²) in [6.07, 6.45) is 5.22. The van der Waals surface area contributed by atoms with E-state index in [1.165, 1.54) is 0 Å². The van der Waals surface area contributed by atoms with Crippen molar-refractivity contribution >= 4 is 34.8 Å². The van der Waals surface area contributed by atoms with Crippen LogP contribution in [0.15, 0.2) is 65.0 Å². The van der Waals surface area contributed by atoms with Crippen molar-refractivity contribution in [1.29, 1.82) is 0 Å². The van der Waals surface area contributed by atoms with Gasteiger partial charge in [-0.2, -0.15) is 5.10 Å². The Hall–Kier alpha value is -4.11. The van der Waals surface area contributed by atoms with Crippen LogP contribution in [0.5, 0.6) is 5.75 Å². The third kappa shape index (κ3) is 4.45. The highest BCUT2D eigenvalue weighted by Crippen LogP contribution is 2.38. The van der Waals surface area contributed by atoms with E-state index in [0.717, 1.165) is 11.1 Å². The molecular formula is C27H27FN6O2. The molecule has 0 aliphatic carbocycles. The molecule has 1 atom stereocenters. The zero-order valence-corrected chi connectivity index (χ0v) is 20.4. The lowest BCUT2D eigenvalue weighted by Crippen LogP contribution is -2.39. The predicted molar refractivity (Wildman–Crippen MR) is 140 cm³/mol. The van der Waals surface area contributed by atoms with Gasteiger partial charge in [0.2, 0.25) is 0 Å². The first kappa shape index (κ1) is 23.6. The largest absolute Gasteiger partial charge is 0.489 e. The van der Waals surface area contributed by atoms with E-state index in [9.17, 15) is 0 Å². The third-order valence-corrected chi connectivity index (χ3v) is 6.36. The van der Waals surface area contributed by atoms with Gasteiger partial charge < -0.3 is 14.8 Å². The van der Waals surface area contributed by atoms with Gasteiger partial charge in [0.25, 0.3) is 0 Å². The van der Waals surface area contributed by atoms with Crippen molar-refractivity contribution in [3.8, 4) is 16.9 Å². The number of hydrogen-bond acceptors (Lipinski definition) is 6. The average molecular weight is 487 g/mol. The maximum atomic E-state index is 15.4. The van der Waals surface area contributed by atoms with Crippen LogP contribution in [0, 0.1) is 11.7 Å². The molecule has 1 aliphatic heterocycles. The van der Waals surface area contributed by atoms with Gasteiger partial charge in [0.15, 0.2) is 5.82 Å². The molecule has 1 unspecified atom stereocenters. The number of aromatic nitrogens is 3. The van der Waals surface area contributed by atoms with Crippen LogP contribution in [0.1, 0.15) is 12.5 Å². The van der Waals surface area contributed by atoms with Gasteiger partial charge in [0.1, 0.15) is 17.7 Å². The molecule has 4 aromatic rings. The Bertz CT molecular complexity index is 1460. The Morgan fingerprint density at radius 1 is 1.28 bits per heavy atom. The fraction of sp³-hybridized carbons (Fsp3) is 0.259. The van der Waals surface area contributed by atoms with Crippen LogP contribution in [0.25, 0.3) is 22.0 Å². The zero-order chi connectivity index (χ0) is 25.2. The Labute approximate surface area is 208 Å². The van der Waals surface area contributed by atoms with Gasteiger partial charge in [0, 0.05) is 43.4 Å². The van der Waals surface area contributed by atoms with Crippen molar-refractivity contribution in [2.24, 2.45) is 23.0 Å². The van der Waals surface area contributed by atoms with Crippen molar-refractivity contribution in [3.05, 3.63) is 66.4 Å². The maximum absolute atomic E-state index is 15.4. The number of anilines is 1. The number of ether oxygens (including phenoxy) is 2. The molecule has 1 saturated heterocycles. The van der Waals surface area contributed by atoms with Crippen molar-refractivity contribution in [2.45, 2.75) is 13.0 Å². The van der Waals surface area contributed by atoms with E-state index in [2.05, 4.69) is 32.1 Å². The summed E-state index contributed by atoms with van der Waals surface area (Å²) < 4.78 is 28.9. The van der Waals surface area contributed by atoms with Gasteiger partial charge in [0.05, 0.1) is 41.9 Å². The lowest BCUT2D eigenvalue weighted by molar-refractivity contribution is -0.0776. The Morgan fingerprint density at radius 2 is 2.11 bits per heavy atom. The van der Waals surface area contributed by atoms with E-state index in [1.54, 1.807) is 48.4 Å². The van der Waals surface area contributed by atoms with Crippen LogP contribution in [0.4, 0.5) is 15.8 Å². The summed E-state index contributed by atoms with van der Waals surface area (Å²) in [5.41, 5.74) is 3.78. The second-order valence-electron chi connectivity index (χ2n) is 8.74. The SMILES string of the molecule is C=Nc1cc(-c2cnn(C)c2)cc(OC(C)C2COC2)c1C(=NC)Nc1ccc2ncccc2c1F. The fourth-order valence-electron chi connectivity index (χ4n) is 4.19. The van der Waals surface area contributed by atoms with Crippen LogP contribution in [0.2, 0.25) is 0 Å². The normalized spacial score (nSPS) is 14.9. The van der Waals surface area contributed by atoms with Gasteiger partial charge in [-0.1, -0.05) is 0 Å². The zero-order valence-electron chi connectivity index (χ0n) is 20.4. The molecule has 0 saturated carbocycles. The molecule has 2 aromatic heterocycles. The van der Waals surface area contributed by atoms with E-state index >= 15 is 4.39 Å². The number of benzene rings is 2. The number of aryl methyl sites for hydroxylation is 1. The van der Waals surface area contributed by atoms with Crippen molar-refractivity contribution < 1.29 is 13.9 Å². The molecule has 2 aromatic carbocycles. The van der Waals surface area contributed by atoms with Crippen LogP contribution in [-0.2, 0) is 11.8 Å². The number of nitrogens with zero attached hydrogens (tertiary/aromatic N) is 5. The van der Waals surface area contributed by atoms with Crippen molar-refractivity contribution in [3.63, 3.8) is 0 Å². The summed E-state index contributed by atoms with van der Waals surface area (Å²) in [6, 6.07) is 10.7. The number of halogens is 1. The molecule has 8 nitrogen and oxygen atoms in total. The fourth-order valence-corrected chi connectivity index (χ4v) is 4.19. The first-order valence-corrected chi connectivity index (χ1v) is 11.6. The standard InChI is InChI=1S/C27H27FN6O2/c1-16(19-14-35-15-19)36-24-11-17(18-12-32-34(4)13-18)10-23(29-2)25(24)27(30-3)33-22-8-7-21-20(26(22)28)6-5-9-31-21/h5-13,16,19H,2,14-15H2,1,3-4H3,(H,30,33). The van der Waals surface area contributed by atoms with Crippen LogP contribution in [0.3, 0.4) is 0 Å². The first-order valence-electron chi connectivity index (χ1n) is 11.6. The highest BCUT2D eigenvalue weighted by atomic mass is 19.1. The molecule has 0 radical (unpaired) electrons. The Morgan fingerprint density at radius 3 is 2.78 bits per heavy atom. The number of aliphatic imine (C=N–C) groups is 2. The third-order valence-electron chi connectivity index (χ3n) is 6.36. The summed E-state index contributed by atoms with van der Waals surface area (Å²) in [5, 5.41) is 7.86.